The van der Waals surface area contributed by atoms with E-state index in [9.17, 15) is 17.6 Å². The van der Waals surface area contributed by atoms with Crippen molar-refractivity contribution < 1.29 is 17.6 Å². The predicted octanol–water partition coefficient (Wildman–Crippen LogP) is 9.31. The second-order valence-electron chi connectivity index (χ2n) is 10.8. The zero-order valence-electron chi connectivity index (χ0n) is 19.3. The molecule has 0 aromatic heterocycles. The minimum atomic E-state index is -4.62. The minimum absolute atomic E-state index is 0.201. The molecule has 4 heteroatoms. The van der Waals surface area contributed by atoms with Crippen molar-refractivity contribution in [3.8, 4) is 0 Å². The average Bonchev–Trinajstić information content (AvgIpc) is 2.78. The van der Waals surface area contributed by atoms with E-state index in [2.05, 4.69) is 19.1 Å². The van der Waals surface area contributed by atoms with E-state index in [1.165, 1.54) is 57.4 Å². The maximum atomic E-state index is 14.0. The molecule has 3 aliphatic carbocycles. The third kappa shape index (κ3) is 5.59. The fourth-order valence-corrected chi connectivity index (χ4v) is 7.15. The number of halogens is 4. The quantitative estimate of drug-likeness (QED) is 0.310. The standard InChI is InChI=1S/C28H38F4/c1-2-3-4-5-19-6-7-24-17-23(13-12-22(24)16-19)20-8-10-21(11-9-20)25-14-15-26(27(29)18-25)28(30,31)32/h2-3,14-15,18-24H,4-13,16-17H2,1H3/b3-2+. The smallest absolute Gasteiger partial charge is 0.206 e. The van der Waals surface area contributed by atoms with Gasteiger partial charge in [-0.25, -0.2) is 4.39 Å². The van der Waals surface area contributed by atoms with Crippen molar-refractivity contribution in [3.63, 3.8) is 0 Å². The number of benzene rings is 1. The van der Waals surface area contributed by atoms with Crippen molar-refractivity contribution in [2.45, 2.75) is 96.1 Å². The monoisotopic (exact) mass is 450 g/mol. The predicted molar refractivity (Wildman–Crippen MR) is 122 cm³/mol. The van der Waals surface area contributed by atoms with Gasteiger partial charge in [-0.3, -0.25) is 0 Å². The van der Waals surface area contributed by atoms with E-state index in [0.717, 1.165) is 73.0 Å². The molecule has 3 fully saturated rings. The zero-order valence-corrected chi connectivity index (χ0v) is 19.3. The first-order valence-electron chi connectivity index (χ1n) is 12.8. The molecule has 0 spiro atoms. The van der Waals surface area contributed by atoms with Crippen LogP contribution in [0.4, 0.5) is 17.6 Å². The topological polar surface area (TPSA) is 0 Å². The van der Waals surface area contributed by atoms with E-state index in [4.69, 9.17) is 0 Å². The highest BCUT2D eigenvalue weighted by Crippen LogP contribution is 2.50. The molecule has 3 aliphatic rings. The van der Waals surface area contributed by atoms with Gasteiger partial charge in [0.05, 0.1) is 5.56 Å². The normalized spacial score (nSPS) is 33.9. The minimum Gasteiger partial charge on any atom is -0.206 e. The lowest BCUT2D eigenvalue weighted by Gasteiger charge is -2.45. The Morgan fingerprint density at radius 2 is 1.47 bits per heavy atom. The first kappa shape index (κ1) is 23.8. The van der Waals surface area contributed by atoms with Gasteiger partial charge in [0.25, 0.3) is 0 Å². The van der Waals surface area contributed by atoms with E-state index in [1.54, 1.807) is 0 Å². The molecule has 178 valence electrons. The second-order valence-corrected chi connectivity index (χ2v) is 10.8. The summed E-state index contributed by atoms with van der Waals surface area (Å²) in [6.07, 6.45) is 15.0. The molecule has 3 saturated carbocycles. The third-order valence-electron chi connectivity index (χ3n) is 8.95. The highest BCUT2D eigenvalue weighted by molar-refractivity contribution is 5.29. The lowest BCUT2D eigenvalue weighted by Crippen LogP contribution is -2.34. The van der Waals surface area contributed by atoms with Crippen molar-refractivity contribution in [1.29, 1.82) is 0 Å². The molecule has 1 aromatic rings. The van der Waals surface area contributed by atoms with Crippen LogP contribution >= 0.6 is 0 Å². The molecule has 4 rings (SSSR count). The third-order valence-corrected chi connectivity index (χ3v) is 8.95. The van der Waals surface area contributed by atoms with Crippen LogP contribution in [0.15, 0.2) is 30.4 Å². The average molecular weight is 451 g/mol. The summed E-state index contributed by atoms with van der Waals surface area (Å²) in [6.45, 7) is 2.10. The molecule has 0 aliphatic heterocycles. The molecule has 0 nitrogen and oxygen atoms in total. The zero-order chi connectivity index (χ0) is 22.7. The maximum Gasteiger partial charge on any atom is 0.419 e. The number of hydrogen-bond donors (Lipinski definition) is 0. The van der Waals surface area contributed by atoms with Gasteiger partial charge in [0.1, 0.15) is 5.82 Å². The fraction of sp³-hybridized carbons (Fsp3) is 0.714. The molecular formula is C28H38F4. The molecule has 0 N–H and O–H groups in total. The summed E-state index contributed by atoms with van der Waals surface area (Å²) in [5.41, 5.74) is -0.405. The van der Waals surface area contributed by atoms with Crippen LogP contribution in [0, 0.1) is 35.4 Å². The van der Waals surface area contributed by atoms with Gasteiger partial charge in [-0.1, -0.05) is 24.6 Å². The first-order valence-corrected chi connectivity index (χ1v) is 12.8. The summed E-state index contributed by atoms with van der Waals surface area (Å²) in [5, 5.41) is 0. The van der Waals surface area contributed by atoms with E-state index < -0.39 is 17.6 Å². The highest BCUT2D eigenvalue weighted by atomic mass is 19.4. The van der Waals surface area contributed by atoms with Gasteiger partial charge in [0.2, 0.25) is 0 Å². The van der Waals surface area contributed by atoms with E-state index in [-0.39, 0.29) is 5.92 Å². The van der Waals surface area contributed by atoms with Gasteiger partial charge in [0, 0.05) is 0 Å². The summed E-state index contributed by atoms with van der Waals surface area (Å²) in [5.74, 6) is 3.41. The van der Waals surface area contributed by atoms with Crippen molar-refractivity contribution in [3.05, 3.63) is 47.3 Å². The van der Waals surface area contributed by atoms with Crippen molar-refractivity contribution in [1.82, 2.24) is 0 Å². The van der Waals surface area contributed by atoms with E-state index in [0.29, 0.717) is 0 Å². The summed E-state index contributed by atoms with van der Waals surface area (Å²) < 4.78 is 52.6. The van der Waals surface area contributed by atoms with E-state index in [1.807, 2.05) is 0 Å². The molecular weight excluding hydrogens is 412 g/mol. The van der Waals surface area contributed by atoms with Crippen LogP contribution in [-0.4, -0.2) is 0 Å². The van der Waals surface area contributed by atoms with Gasteiger partial charge in [0.15, 0.2) is 0 Å². The van der Waals surface area contributed by atoms with Crippen molar-refractivity contribution >= 4 is 0 Å². The number of allylic oxidation sites excluding steroid dienone is 2. The SMILES string of the molecule is C/C=C/CCC1CCC2CC(C3CCC(c4ccc(C(F)(F)F)c(F)c4)CC3)CCC2C1. The van der Waals surface area contributed by atoms with Gasteiger partial charge in [-0.2, -0.15) is 13.2 Å². The number of rotatable bonds is 5. The lowest BCUT2D eigenvalue weighted by molar-refractivity contribution is -0.140. The van der Waals surface area contributed by atoms with Crippen LogP contribution in [0.1, 0.15) is 101 Å². The van der Waals surface area contributed by atoms with Gasteiger partial charge in [-0.05, 0) is 131 Å². The van der Waals surface area contributed by atoms with Crippen LogP contribution in [-0.2, 0) is 6.18 Å². The van der Waals surface area contributed by atoms with Crippen LogP contribution in [0.25, 0.3) is 0 Å². The van der Waals surface area contributed by atoms with Crippen LogP contribution in [0.2, 0.25) is 0 Å². The number of fused-ring (bicyclic) bond motifs is 1. The molecule has 0 saturated heterocycles. The van der Waals surface area contributed by atoms with Crippen LogP contribution < -0.4 is 0 Å². The number of alkyl halides is 3. The Hall–Kier alpha value is -1.32. The molecule has 1 aromatic carbocycles. The largest absolute Gasteiger partial charge is 0.419 e. The Labute approximate surface area is 190 Å². The highest BCUT2D eigenvalue weighted by Gasteiger charge is 2.39. The Balaban J connectivity index is 1.26. The van der Waals surface area contributed by atoms with Gasteiger partial charge in [-0.15, -0.1) is 0 Å². The summed E-state index contributed by atoms with van der Waals surface area (Å²) >= 11 is 0. The van der Waals surface area contributed by atoms with Crippen molar-refractivity contribution in [2.24, 2.45) is 29.6 Å². The lowest BCUT2D eigenvalue weighted by atomic mass is 9.60. The van der Waals surface area contributed by atoms with Gasteiger partial charge < -0.3 is 0 Å². The van der Waals surface area contributed by atoms with Gasteiger partial charge >= 0.3 is 6.18 Å². The molecule has 0 bridgehead atoms. The molecule has 0 radical (unpaired) electrons. The number of hydrogen-bond acceptors (Lipinski definition) is 0. The Kier molecular flexibility index (Phi) is 7.67. The molecule has 4 atom stereocenters. The Morgan fingerprint density at radius 1 is 0.844 bits per heavy atom. The second kappa shape index (κ2) is 10.3. The molecule has 0 amide bonds. The molecule has 0 heterocycles. The van der Waals surface area contributed by atoms with Crippen LogP contribution in [0.3, 0.4) is 0 Å². The maximum absolute atomic E-state index is 14.0. The van der Waals surface area contributed by atoms with Crippen LogP contribution in [0.5, 0.6) is 0 Å². The van der Waals surface area contributed by atoms with E-state index >= 15 is 0 Å². The summed E-state index contributed by atoms with van der Waals surface area (Å²) in [6, 6.07) is 3.55. The van der Waals surface area contributed by atoms with Crippen molar-refractivity contribution in [2.75, 3.05) is 0 Å². The Morgan fingerprint density at radius 3 is 2.12 bits per heavy atom. The summed E-state index contributed by atoms with van der Waals surface area (Å²) in [4.78, 5) is 0. The molecule has 4 unspecified atom stereocenters. The Bertz CT molecular complexity index is 772. The molecule has 32 heavy (non-hydrogen) atoms. The summed E-state index contributed by atoms with van der Waals surface area (Å²) in [7, 11) is 0. The fourth-order valence-electron chi connectivity index (χ4n) is 7.15. The first-order chi connectivity index (χ1) is 15.3.